The van der Waals surface area contributed by atoms with E-state index < -0.39 is 0 Å². The van der Waals surface area contributed by atoms with Gasteiger partial charge in [0, 0.05) is 24.6 Å². The minimum atomic E-state index is 0.0735. The van der Waals surface area contributed by atoms with Crippen LogP contribution in [-0.2, 0) is 23.2 Å². The van der Waals surface area contributed by atoms with Gasteiger partial charge in [0.15, 0.2) is 17.3 Å². The van der Waals surface area contributed by atoms with E-state index in [9.17, 15) is 4.79 Å². The molecular weight excluding hydrogens is 454 g/mol. The predicted octanol–water partition coefficient (Wildman–Crippen LogP) is 4.84. The average Bonchev–Trinajstić information content (AvgIpc) is 3.53. The Morgan fingerprint density at radius 2 is 1.86 bits per heavy atom. The number of benzene rings is 2. The normalized spacial score (nSPS) is 19.3. The van der Waals surface area contributed by atoms with Crippen molar-refractivity contribution in [1.29, 1.82) is 0 Å². The Hall–Kier alpha value is -3.32. The third-order valence-corrected chi connectivity index (χ3v) is 7.21. The molecule has 3 aromatic rings. The lowest BCUT2D eigenvalue weighted by atomic mass is 9.81. The SMILES string of the molecule is CC(C)(C)c1ccc(-c2cc(C[C@@H]3CNCC[C@H]3CC(=O)NCc3ccc4c(c3)OCO4)no2)cc1. The summed E-state index contributed by atoms with van der Waals surface area (Å²) in [7, 11) is 0. The van der Waals surface area contributed by atoms with Crippen molar-refractivity contribution < 1.29 is 18.8 Å². The molecule has 2 aromatic carbocycles. The van der Waals surface area contributed by atoms with Crippen molar-refractivity contribution in [2.75, 3.05) is 19.9 Å². The van der Waals surface area contributed by atoms with Crippen LogP contribution in [0.1, 0.15) is 50.4 Å². The number of piperidine rings is 1. The van der Waals surface area contributed by atoms with Gasteiger partial charge in [0.1, 0.15) is 0 Å². The summed E-state index contributed by atoms with van der Waals surface area (Å²) in [6, 6.07) is 16.3. The topological polar surface area (TPSA) is 85.6 Å². The lowest BCUT2D eigenvalue weighted by Crippen LogP contribution is -2.40. The molecule has 3 heterocycles. The summed E-state index contributed by atoms with van der Waals surface area (Å²) in [5.74, 6) is 2.97. The summed E-state index contributed by atoms with van der Waals surface area (Å²) in [5, 5.41) is 10.9. The number of amides is 1. The molecule has 0 saturated carbocycles. The first-order valence-electron chi connectivity index (χ1n) is 12.8. The molecule has 2 aliphatic rings. The van der Waals surface area contributed by atoms with Crippen LogP contribution in [0.4, 0.5) is 0 Å². The monoisotopic (exact) mass is 489 g/mol. The smallest absolute Gasteiger partial charge is 0.231 e. The number of hydrogen-bond donors (Lipinski definition) is 2. The molecule has 7 heteroatoms. The second kappa shape index (κ2) is 10.3. The van der Waals surface area contributed by atoms with Gasteiger partial charge >= 0.3 is 0 Å². The van der Waals surface area contributed by atoms with Crippen molar-refractivity contribution in [3.8, 4) is 22.8 Å². The predicted molar refractivity (Wildman–Crippen MR) is 138 cm³/mol. The standard InChI is InChI=1S/C29H35N3O4/c1-29(2,3)23-7-5-20(6-8-23)26-15-24(32-36-26)13-22-17-30-11-10-21(22)14-28(33)31-16-19-4-9-25-27(12-19)35-18-34-25/h4-9,12,15,21-22,30H,10-11,13-14,16-18H2,1-3H3,(H,31,33)/t21-,22+/m0/s1. The Bertz CT molecular complexity index is 1200. The molecule has 0 radical (unpaired) electrons. The fourth-order valence-electron chi connectivity index (χ4n) is 4.99. The fourth-order valence-corrected chi connectivity index (χ4v) is 4.99. The number of rotatable bonds is 7. The van der Waals surface area contributed by atoms with Crippen molar-refractivity contribution in [2.45, 2.75) is 52.0 Å². The zero-order chi connectivity index (χ0) is 25.1. The Morgan fingerprint density at radius 3 is 2.67 bits per heavy atom. The minimum Gasteiger partial charge on any atom is -0.454 e. The molecule has 0 unspecified atom stereocenters. The Morgan fingerprint density at radius 1 is 1.06 bits per heavy atom. The van der Waals surface area contributed by atoms with E-state index in [1.54, 1.807) is 0 Å². The third kappa shape index (κ3) is 5.73. The summed E-state index contributed by atoms with van der Waals surface area (Å²) in [5.41, 5.74) is 4.37. The Kier molecular flexibility index (Phi) is 7.01. The molecule has 0 bridgehead atoms. The number of carbonyl (C=O) groups excluding carboxylic acids is 1. The maximum Gasteiger partial charge on any atom is 0.231 e. The third-order valence-electron chi connectivity index (χ3n) is 7.21. The zero-order valence-corrected chi connectivity index (χ0v) is 21.3. The van der Waals surface area contributed by atoms with Crippen LogP contribution in [0.3, 0.4) is 0 Å². The maximum absolute atomic E-state index is 12.8. The number of nitrogens with one attached hydrogen (secondary N) is 2. The van der Waals surface area contributed by atoms with Crippen molar-refractivity contribution in [1.82, 2.24) is 15.8 Å². The van der Waals surface area contributed by atoms with Gasteiger partial charge in [-0.05, 0) is 66.4 Å². The maximum atomic E-state index is 12.8. The highest BCUT2D eigenvalue weighted by Crippen LogP contribution is 2.33. The van der Waals surface area contributed by atoms with Crippen LogP contribution in [0, 0.1) is 11.8 Å². The molecule has 190 valence electrons. The Labute approximate surface area is 212 Å². The van der Waals surface area contributed by atoms with Crippen LogP contribution in [0.2, 0.25) is 0 Å². The summed E-state index contributed by atoms with van der Waals surface area (Å²) >= 11 is 0. The average molecular weight is 490 g/mol. The molecule has 1 aromatic heterocycles. The van der Waals surface area contributed by atoms with Gasteiger partial charge in [-0.1, -0.05) is 56.3 Å². The van der Waals surface area contributed by atoms with E-state index in [2.05, 4.69) is 60.8 Å². The molecule has 5 rings (SSSR count). The van der Waals surface area contributed by atoms with Crippen LogP contribution in [-0.4, -0.2) is 30.9 Å². The Balaban J connectivity index is 1.17. The van der Waals surface area contributed by atoms with E-state index in [0.717, 1.165) is 60.0 Å². The van der Waals surface area contributed by atoms with E-state index in [1.165, 1.54) is 5.56 Å². The van der Waals surface area contributed by atoms with Gasteiger partial charge in [-0.3, -0.25) is 4.79 Å². The van der Waals surface area contributed by atoms with Gasteiger partial charge in [-0.15, -0.1) is 0 Å². The molecule has 1 amide bonds. The van der Waals surface area contributed by atoms with Crippen molar-refractivity contribution in [3.63, 3.8) is 0 Å². The summed E-state index contributed by atoms with van der Waals surface area (Å²) < 4.78 is 16.5. The summed E-state index contributed by atoms with van der Waals surface area (Å²) in [6.45, 7) is 9.16. The molecule has 2 aliphatic heterocycles. The van der Waals surface area contributed by atoms with E-state index >= 15 is 0 Å². The highest BCUT2D eigenvalue weighted by Gasteiger charge is 2.28. The number of carbonyl (C=O) groups is 1. The number of aromatic nitrogens is 1. The van der Waals surface area contributed by atoms with E-state index in [0.29, 0.717) is 24.8 Å². The summed E-state index contributed by atoms with van der Waals surface area (Å²) in [6.07, 6.45) is 2.27. The minimum absolute atomic E-state index is 0.0735. The molecule has 2 N–H and O–H groups in total. The van der Waals surface area contributed by atoms with Crippen molar-refractivity contribution in [3.05, 3.63) is 65.4 Å². The van der Waals surface area contributed by atoms with E-state index in [4.69, 9.17) is 14.0 Å². The molecule has 1 fully saturated rings. The van der Waals surface area contributed by atoms with Gasteiger partial charge in [0.25, 0.3) is 0 Å². The number of nitrogens with zero attached hydrogens (tertiary/aromatic N) is 1. The van der Waals surface area contributed by atoms with Gasteiger partial charge in [-0.25, -0.2) is 0 Å². The molecule has 7 nitrogen and oxygen atoms in total. The highest BCUT2D eigenvalue weighted by atomic mass is 16.7. The van der Waals surface area contributed by atoms with Crippen LogP contribution in [0.15, 0.2) is 53.1 Å². The first-order chi connectivity index (χ1) is 17.3. The number of hydrogen-bond acceptors (Lipinski definition) is 6. The molecule has 0 aliphatic carbocycles. The molecule has 0 spiro atoms. The first kappa shape index (κ1) is 24.4. The lowest BCUT2D eigenvalue weighted by Gasteiger charge is -2.31. The van der Waals surface area contributed by atoms with Crippen LogP contribution in [0.5, 0.6) is 11.5 Å². The highest BCUT2D eigenvalue weighted by molar-refractivity contribution is 5.76. The van der Waals surface area contributed by atoms with Gasteiger partial charge in [-0.2, -0.15) is 0 Å². The zero-order valence-electron chi connectivity index (χ0n) is 21.3. The largest absolute Gasteiger partial charge is 0.454 e. The van der Waals surface area contributed by atoms with Crippen LogP contribution < -0.4 is 20.1 Å². The van der Waals surface area contributed by atoms with Crippen LogP contribution in [0.25, 0.3) is 11.3 Å². The van der Waals surface area contributed by atoms with Crippen LogP contribution >= 0.6 is 0 Å². The first-order valence-corrected chi connectivity index (χ1v) is 12.8. The summed E-state index contributed by atoms with van der Waals surface area (Å²) in [4.78, 5) is 12.8. The molecule has 1 saturated heterocycles. The van der Waals surface area contributed by atoms with E-state index in [1.807, 2.05) is 24.3 Å². The van der Waals surface area contributed by atoms with Gasteiger partial charge in [0.05, 0.1) is 5.69 Å². The quantitative estimate of drug-likeness (QED) is 0.494. The van der Waals surface area contributed by atoms with Gasteiger partial charge in [0.2, 0.25) is 12.7 Å². The van der Waals surface area contributed by atoms with E-state index in [-0.39, 0.29) is 18.1 Å². The fraction of sp³-hybridized carbons (Fsp3) is 0.448. The van der Waals surface area contributed by atoms with Crippen molar-refractivity contribution >= 4 is 5.91 Å². The molecular formula is C29H35N3O4. The number of fused-ring (bicyclic) bond motifs is 1. The lowest BCUT2D eigenvalue weighted by molar-refractivity contribution is -0.122. The molecule has 36 heavy (non-hydrogen) atoms. The number of ether oxygens (including phenoxy) is 2. The second-order valence-electron chi connectivity index (χ2n) is 10.9. The molecule has 2 atom stereocenters. The second-order valence-corrected chi connectivity index (χ2v) is 10.9. The van der Waals surface area contributed by atoms with Crippen molar-refractivity contribution in [2.24, 2.45) is 11.8 Å². The van der Waals surface area contributed by atoms with Gasteiger partial charge < -0.3 is 24.6 Å².